The highest BCUT2D eigenvalue weighted by Crippen LogP contribution is 2.26. The van der Waals surface area contributed by atoms with Crippen LogP contribution in [0.15, 0.2) is 45.9 Å². The molecular weight excluding hydrogens is 291 g/mol. The fourth-order valence-electron chi connectivity index (χ4n) is 1.55. The van der Waals surface area contributed by atoms with Crippen LogP contribution in [-0.2, 0) is 16.6 Å². The van der Waals surface area contributed by atoms with Gasteiger partial charge in [-0.05, 0) is 24.3 Å². The van der Waals surface area contributed by atoms with Gasteiger partial charge in [0, 0.05) is 0 Å². The molecule has 1 aromatic carbocycles. The quantitative estimate of drug-likeness (QED) is 0.670. The van der Waals surface area contributed by atoms with E-state index in [9.17, 15) is 22.9 Å². The standard InChI is InChI=1S/C11H9FN2O5S/c12-9-4-1-5-10(11(9)14(15)16)20(17,18)13-7-8-3-2-6-19-8/h1-6,13H,7H2. The molecule has 0 aliphatic carbocycles. The van der Waals surface area contributed by atoms with Crippen LogP contribution in [0.4, 0.5) is 10.1 Å². The van der Waals surface area contributed by atoms with Crippen LogP contribution in [0.1, 0.15) is 5.76 Å². The van der Waals surface area contributed by atoms with Gasteiger partial charge in [0.05, 0.1) is 17.7 Å². The Morgan fingerprint density at radius 3 is 2.65 bits per heavy atom. The first-order valence-corrected chi connectivity index (χ1v) is 6.85. The molecule has 0 spiro atoms. The minimum Gasteiger partial charge on any atom is -0.468 e. The van der Waals surface area contributed by atoms with Gasteiger partial charge in [-0.1, -0.05) is 6.07 Å². The molecule has 0 amide bonds. The van der Waals surface area contributed by atoms with E-state index in [0.717, 1.165) is 18.2 Å². The number of furan rings is 1. The number of nitro groups is 1. The van der Waals surface area contributed by atoms with Gasteiger partial charge in [0.2, 0.25) is 15.8 Å². The van der Waals surface area contributed by atoms with Gasteiger partial charge in [-0.2, -0.15) is 4.39 Å². The molecule has 0 atom stereocenters. The van der Waals surface area contributed by atoms with Crippen molar-refractivity contribution < 1.29 is 22.1 Å². The summed E-state index contributed by atoms with van der Waals surface area (Å²) >= 11 is 0. The smallest absolute Gasteiger partial charge is 0.324 e. The van der Waals surface area contributed by atoms with Crippen molar-refractivity contribution in [2.24, 2.45) is 0 Å². The number of hydrogen-bond acceptors (Lipinski definition) is 5. The molecule has 20 heavy (non-hydrogen) atoms. The van der Waals surface area contributed by atoms with E-state index >= 15 is 0 Å². The number of para-hydroxylation sites is 1. The Kier molecular flexibility index (Phi) is 3.81. The van der Waals surface area contributed by atoms with Crippen molar-refractivity contribution in [3.05, 3.63) is 58.3 Å². The summed E-state index contributed by atoms with van der Waals surface area (Å²) in [6.07, 6.45) is 1.36. The maximum absolute atomic E-state index is 13.4. The normalized spacial score (nSPS) is 11.4. The average Bonchev–Trinajstić information content (AvgIpc) is 2.89. The van der Waals surface area contributed by atoms with Crippen LogP contribution in [0, 0.1) is 15.9 Å². The van der Waals surface area contributed by atoms with Crippen LogP contribution in [0.25, 0.3) is 0 Å². The summed E-state index contributed by atoms with van der Waals surface area (Å²) in [5.74, 6) is -0.886. The van der Waals surface area contributed by atoms with Gasteiger partial charge in [-0.3, -0.25) is 10.1 Å². The third kappa shape index (κ3) is 2.83. The molecule has 1 heterocycles. The lowest BCUT2D eigenvalue weighted by Crippen LogP contribution is -2.24. The summed E-state index contributed by atoms with van der Waals surface area (Å²) in [5.41, 5.74) is -1.08. The molecule has 2 aromatic rings. The molecule has 0 saturated heterocycles. The number of rotatable bonds is 5. The Morgan fingerprint density at radius 2 is 2.05 bits per heavy atom. The largest absolute Gasteiger partial charge is 0.468 e. The maximum atomic E-state index is 13.4. The van der Waals surface area contributed by atoms with Crippen molar-refractivity contribution in [3.63, 3.8) is 0 Å². The lowest BCUT2D eigenvalue weighted by Gasteiger charge is -2.06. The zero-order valence-corrected chi connectivity index (χ0v) is 10.8. The van der Waals surface area contributed by atoms with Crippen molar-refractivity contribution in [1.82, 2.24) is 4.72 Å². The predicted octanol–water partition coefficient (Wildman–Crippen LogP) is 1.81. The molecule has 0 unspecified atom stereocenters. The first kappa shape index (κ1) is 14.2. The zero-order valence-electron chi connectivity index (χ0n) is 9.95. The summed E-state index contributed by atoms with van der Waals surface area (Å²) < 4.78 is 44.4. The second kappa shape index (κ2) is 5.39. The van der Waals surface area contributed by atoms with Gasteiger partial charge >= 0.3 is 5.69 Å². The summed E-state index contributed by atoms with van der Waals surface area (Å²) in [7, 11) is -4.23. The van der Waals surface area contributed by atoms with E-state index in [1.165, 1.54) is 12.3 Å². The average molecular weight is 300 g/mol. The Balaban J connectivity index is 2.34. The number of nitrogens with zero attached hydrogens (tertiary/aromatic N) is 1. The molecule has 0 radical (unpaired) electrons. The van der Waals surface area contributed by atoms with Crippen LogP contribution in [-0.4, -0.2) is 13.3 Å². The van der Waals surface area contributed by atoms with Gasteiger partial charge in [0.1, 0.15) is 5.76 Å². The number of sulfonamides is 1. The first-order valence-electron chi connectivity index (χ1n) is 5.37. The highest BCUT2D eigenvalue weighted by Gasteiger charge is 2.29. The van der Waals surface area contributed by atoms with E-state index in [4.69, 9.17) is 4.42 Å². The minimum atomic E-state index is -4.23. The van der Waals surface area contributed by atoms with Gasteiger partial charge in [-0.15, -0.1) is 0 Å². The molecule has 0 aliphatic heterocycles. The highest BCUT2D eigenvalue weighted by molar-refractivity contribution is 7.89. The molecule has 7 nitrogen and oxygen atoms in total. The second-order valence-corrected chi connectivity index (χ2v) is 5.48. The summed E-state index contributed by atoms with van der Waals surface area (Å²) in [4.78, 5) is 8.98. The van der Waals surface area contributed by atoms with Crippen LogP contribution >= 0.6 is 0 Å². The Bertz CT molecular complexity index is 727. The molecule has 1 N–H and O–H groups in total. The van der Waals surface area contributed by atoms with E-state index in [2.05, 4.69) is 4.72 Å². The van der Waals surface area contributed by atoms with Gasteiger partial charge in [0.25, 0.3) is 0 Å². The number of nitrogens with one attached hydrogen (secondary N) is 1. The van der Waals surface area contributed by atoms with E-state index in [-0.39, 0.29) is 6.54 Å². The lowest BCUT2D eigenvalue weighted by atomic mass is 10.3. The molecule has 0 saturated carbocycles. The SMILES string of the molecule is O=[N+]([O-])c1c(F)cccc1S(=O)(=O)NCc1ccco1. The van der Waals surface area contributed by atoms with Crippen molar-refractivity contribution in [1.29, 1.82) is 0 Å². The van der Waals surface area contributed by atoms with Crippen molar-refractivity contribution in [2.75, 3.05) is 0 Å². The molecule has 1 aromatic heterocycles. The van der Waals surface area contributed by atoms with Crippen LogP contribution in [0.3, 0.4) is 0 Å². The van der Waals surface area contributed by atoms with E-state index in [1.54, 1.807) is 6.07 Å². The van der Waals surface area contributed by atoms with E-state index < -0.39 is 31.3 Å². The van der Waals surface area contributed by atoms with Gasteiger partial charge < -0.3 is 4.42 Å². The molecule has 0 aliphatic rings. The van der Waals surface area contributed by atoms with Crippen molar-refractivity contribution >= 4 is 15.7 Å². The highest BCUT2D eigenvalue weighted by atomic mass is 32.2. The molecule has 106 valence electrons. The maximum Gasteiger partial charge on any atom is 0.324 e. The van der Waals surface area contributed by atoms with Crippen molar-refractivity contribution in [3.8, 4) is 0 Å². The minimum absolute atomic E-state index is 0.191. The monoisotopic (exact) mass is 300 g/mol. The van der Waals surface area contributed by atoms with Gasteiger partial charge in [0.15, 0.2) is 4.90 Å². The number of benzene rings is 1. The predicted molar refractivity (Wildman–Crippen MR) is 65.8 cm³/mol. The first-order chi connectivity index (χ1) is 9.42. The Hall–Kier alpha value is -2.26. The molecular formula is C11H9FN2O5S. The van der Waals surface area contributed by atoms with E-state index in [1.807, 2.05) is 0 Å². The fraction of sp³-hybridized carbons (Fsp3) is 0.0909. The third-order valence-corrected chi connectivity index (χ3v) is 3.87. The molecule has 0 fully saturated rings. The Labute approximate surface area is 113 Å². The van der Waals surface area contributed by atoms with Crippen molar-refractivity contribution in [2.45, 2.75) is 11.4 Å². The molecule has 2 rings (SSSR count). The molecule has 0 bridgehead atoms. The number of hydrogen-bond donors (Lipinski definition) is 1. The summed E-state index contributed by atoms with van der Waals surface area (Å²) in [5, 5.41) is 10.8. The number of nitro benzene ring substituents is 1. The fourth-order valence-corrected chi connectivity index (χ4v) is 2.72. The van der Waals surface area contributed by atoms with Crippen LogP contribution < -0.4 is 4.72 Å². The summed E-state index contributed by atoms with van der Waals surface area (Å²) in [6.45, 7) is -0.191. The topological polar surface area (TPSA) is 102 Å². The lowest BCUT2D eigenvalue weighted by molar-refractivity contribution is -0.390. The van der Waals surface area contributed by atoms with Gasteiger partial charge in [-0.25, -0.2) is 13.1 Å². The zero-order chi connectivity index (χ0) is 14.8. The second-order valence-electron chi connectivity index (χ2n) is 3.75. The molecule has 9 heteroatoms. The van der Waals surface area contributed by atoms with E-state index in [0.29, 0.717) is 5.76 Å². The van der Waals surface area contributed by atoms with Crippen LogP contribution in [0.5, 0.6) is 0 Å². The summed E-state index contributed by atoms with van der Waals surface area (Å²) in [6, 6.07) is 5.97. The number of halogens is 1. The third-order valence-electron chi connectivity index (χ3n) is 2.44. The Morgan fingerprint density at radius 1 is 1.30 bits per heavy atom. The van der Waals surface area contributed by atoms with Crippen LogP contribution in [0.2, 0.25) is 0 Å².